The second-order valence-corrected chi connectivity index (χ2v) is 10.9. The van der Waals surface area contributed by atoms with Crippen molar-refractivity contribution in [1.82, 2.24) is 4.90 Å². The van der Waals surface area contributed by atoms with Gasteiger partial charge in [0.25, 0.3) is 6.47 Å². The zero-order chi connectivity index (χ0) is 30.1. The van der Waals surface area contributed by atoms with Crippen LogP contribution in [0.1, 0.15) is 11.1 Å². The molecule has 43 heavy (non-hydrogen) atoms. The third-order valence-corrected chi connectivity index (χ3v) is 7.78. The van der Waals surface area contributed by atoms with Crippen LogP contribution in [0.2, 0.25) is 0 Å². The van der Waals surface area contributed by atoms with Gasteiger partial charge in [-0.1, -0.05) is 6.07 Å². The van der Waals surface area contributed by atoms with Gasteiger partial charge < -0.3 is 4.90 Å². The van der Waals surface area contributed by atoms with Crippen LogP contribution in [0.4, 0.5) is 5.69 Å². The molecule has 0 saturated carbocycles. The third-order valence-electron chi connectivity index (χ3n) is 7.78. The van der Waals surface area contributed by atoms with E-state index in [1.54, 1.807) is 12.1 Å². The third kappa shape index (κ3) is 5.33. The van der Waals surface area contributed by atoms with Crippen molar-refractivity contribution in [3.8, 4) is 28.2 Å². The zero-order valence-corrected chi connectivity index (χ0v) is 24.2. The van der Waals surface area contributed by atoms with Gasteiger partial charge in [0.15, 0.2) is 0 Å². The SMILES string of the molecule is CN(Cc1ccccc1B=O)Cc1cc2c(-c3ccccc3OC=O)c3ccc4cc(N(C)C)ccc4c3oc-2cc1=O. The van der Waals surface area contributed by atoms with Gasteiger partial charge >= 0.3 is 184 Å². The first-order valence-electron chi connectivity index (χ1n) is 13.9. The Morgan fingerprint density at radius 2 is 1.56 bits per heavy atom. The molecule has 0 amide bonds. The van der Waals surface area contributed by atoms with Crippen LogP contribution in [-0.2, 0) is 22.6 Å². The summed E-state index contributed by atoms with van der Waals surface area (Å²) in [5, 5.41) is 2.74. The molecule has 212 valence electrons. The Labute approximate surface area is 249 Å². The van der Waals surface area contributed by atoms with Crippen LogP contribution >= 0.6 is 0 Å². The molecule has 6 rings (SSSR count). The number of anilines is 1. The Bertz CT molecular complexity index is 2030. The monoisotopic (exact) mass is 568 g/mol. The molecule has 1 heterocycles. The topological polar surface area (TPSA) is 80.1 Å². The Balaban J connectivity index is 1.56. The van der Waals surface area contributed by atoms with E-state index in [-0.39, 0.29) is 5.43 Å². The molecule has 1 aliphatic heterocycles. The summed E-state index contributed by atoms with van der Waals surface area (Å²) in [6.07, 6.45) is 0. The Morgan fingerprint density at radius 3 is 2.35 bits per heavy atom. The molecule has 4 aromatic rings. The zero-order valence-electron chi connectivity index (χ0n) is 24.2. The maximum atomic E-state index is 13.5. The van der Waals surface area contributed by atoms with Crippen molar-refractivity contribution in [2.45, 2.75) is 13.1 Å². The summed E-state index contributed by atoms with van der Waals surface area (Å²) >= 11 is 0. The number of carbonyl (C=O) groups excluding carboxylic acids is 1. The predicted molar refractivity (Wildman–Crippen MR) is 171 cm³/mol. The predicted octanol–water partition coefficient (Wildman–Crippen LogP) is 5.63. The van der Waals surface area contributed by atoms with Gasteiger partial charge in [0.2, 0.25) is 0 Å². The fourth-order valence-corrected chi connectivity index (χ4v) is 5.69. The normalized spacial score (nSPS) is 11.3. The first-order chi connectivity index (χ1) is 20.9. The van der Waals surface area contributed by atoms with Crippen molar-refractivity contribution >= 4 is 46.5 Å². The van der Waals surface area contributed by atoms with Crippen LogP contribution in [0.3, 0.4) is 0 Å². The molecule has 0 radical (unpaired) electrons. The molecule has 0 aromatic heterocycles. The average Bonchev–Trinajstić information content (AvgIpc) is 3.01. The molecule has 0 unspecified atom stereocenters. The van der Waals surface area contributed by atoms with Crippen molar-refractivity contribution in [2.75, 3.05) is 26.0 Å². The van der Waals surface area contributed by atoms with Crippen molar-refractivity contribution in [3.63, 3.8) is 0 Å². The molecule has 0 atom stereocenters. The van der Waals surface area contributed by atoms with E-state index in [4.69, 9.17) is 9.15 Å². The van der Waals surface area contributed by atoms with Gasteiger partial charge in [-0.15, -0.1) is 0 Å². The van der Waals surface area contributed by atoms with Crippen molar-refractivity contribution < 1.29 is 18.7 Å². The van der Waals surface area contributed by atoms with Crippen LogP contribution in [0.25, 0.3) is 44.2 Å². The average molecular weight is 568 g/mol. The fraction of sp³-hybridized carbons (Fsp3) is 0.143. The summed E-state index contributed by atoms with van der Waals surface area (Å²) in [4.78, 5) is 29.0. The minimum atomic E-state index is -0.148. The van der Waals surface area contributed by atoms with E-state index >= 15 is 0 Å². The first-order valence-corrected chi connectivity index (χ1v) is 13.9. The van der Waals surface area contributed by atoms with E-state index in [9.17, 15) is 14.3 Å². The van der Waals surface area contributed by atoms with E-state index in [0.29, 0.717) is 53.2 Å². The number of benzene rings is 5. The van der Waals surface area contributed by atoms with Crippen molar-refractivity contribution in [3.05, 3.63) is 112 Å². The Morgan fingerprint density at radius 1 is 0.814 bits per heavy atom. The van der Waals surface area contributed by atoms with E-state index in [1.165, 1.54) is 6.07 Å². The van der Waals surface area contributed by atoms with Crippen molar-refractivity contribution in [1.29, 1.82) is 0 Å². The molecule has 0 saturated heterocycles. The van der Waals surface area contributed by atoms with E-state index in [2.05, 4.69) is 12.1 Å². The van der Waals surface area contributed by atoms with Crippen LogP contribution in [0, 0.1) is 0 Å². The van der Waals surface area contributed by atoms with E-state index in [1.807, 2.05) is 91.6 Å². The van der Waals surface area contributed by atoms with Gasteiger partial charge in [-0.3, -0.25) is 4.79 Å². The van der Waals surface area contributed by atoms with Crippen molar-refractivity contribution in [2.24, 2.45) is 0 Å². The maximum absolute atomic E-state index is 13.5. The molecule has 1 aliphatic carbocycles. The van der Waals surface area contributed by atoms with Gasteiger partial charge in [0, 0.05) is 19.8 Å². The summed E-state index contributed by atoms with van der Waals surface area (Å²) in [5.74, 6) is 0.847. The van der Waals surface area contributed by atoms with Crippen LogP contribution in [0.5, 0.6) is 5.75 Å². The van der Waals surface area contributed by atoms with E-state index in [0.717, 1.165) is 45.7 Å². The fourth-order valence-electron chi connectivity index (χ4n) is 5.69. The van der Waals surface area contributed by atoms with Gasteiger partial charge in [0.05, 0.1) is 0 Å². The first kappa shape index (κ1) is 28.1. The summed E-state index contributed by atoms with van der Waals surface area (Å²) in [5.41, 5.74) is 5.90. The number of hydrogen-bond donors (Lipinski definition) is 0. The summed E-state index contributed by atoms with van der Waals surface area (Å²) < 4.78 is 23.5. The number of fused-ring (bicyclic) bond motifs is 4. The van der Waals surface area contributed by atoms with Gasteiger partial charge in [-0.25, -0.2) is 0 Å². The van der Waals surface area contributed by atoms with Crippen LogP contribution in [0.15, 0.2) is 100 Å². The van der Waals surface area contributed by atoms with Gasteiger partial charge in [-0.05, 0) is 23.6 Å². The number of ether oxygens (including phenoxy) is 1. The quantitative estimate of drug-likeness (QED) is 0.0969. The standard InChI is InChI=1S/C35H29BN2O5/c1-37(2)25-13-15-26-22(16-25)12-14-28-34(27-9-5-7-11-32(27)42-21-39)29-17-24(31(40)18-33(29)43-35(26)28)20-38(3)19-23-8-4-6-10-30(23)36-41/h4-18,21H,19-20H2,1-3H3. The number of nitrogens with zero attached hydrogens (tertiary/aromatic N) is 2. The molecule has 7 nitrogen and oxygen atoms in total. The summed E-state index contributed by atoms with van der Waals surface area (Å²) in [6, 6.07) is 28.4. The molecule has 8 heteroatoms. The summed E-state index contributed by atoms with van der Waals surface area (Å²) in [6.45, 7) is 1.28. The Hall–Kier alpha value is -5.08. The molecule has 0 bridgehead atoms. The molecular weight excluding hydrogens is 539 g/mol. The van der Waals surface area contributed by atoms with Crippen LogP contribution < -0.4 is 20.5 Å². The second-order valence-electron chi connectivity index (χ2n) is 10.9. The van der Waals surface area contributed by atoms with Gasteiger partial charge in [-0.2, -0.15) is 0 Å². The number of rotatable bonds is 9. The number of para-hydroxylation sites is 1. The molecular formula is C35H29BN2O5. The molecule has 4 aromatic carbocycles. The van der Waals surface area contributed by atoms with Gasteiger partial charge in [0.1, 0.15) is 0 Å². The minimum absolute atomic E-state index is 0.148. The summed E-state index contributed by atoms with van der Waals surface area (Å²) in [7, 11) is 6.75. The molecule has 2 aliphatic rings. The van der Waals surface area contributed by atoms with Crippen LogP contribution in [-0.4, -0.2) is 39.7 Å². The molecule has 0 N–H and O–H groups in total. The van der Waals surface area contributed by atoms with E-state index < -0.39 is 0 Å². The Kier molecular flexibility index (Phi) is 7.61. The number of hydrogen-bond acceptors (Lipinski definition) is 7. The second kappa shape index (κ2) is 11.7. The molecule has 0 spiro atoms. The number of carbonyl (C=O) groups is 1. The molecule has 0 fully saturated rings.